The first-order valence-electron chi connectivity index (χ1n) is 10.4. The third kappa shape index (κ3) is 4.10. The van der Waals surface area contributed by atoms with Gasteiger partial charge in [0.1, 0.15) is 11.3 Å². The lowest BCUT2D eigenvalue weighted by atomic mass is 9.82. The van der Waals surface area contributed by atoms with Gasteiger partial charge in [0.05, 0.1) is 7.11 Å². The molecule has 4 rings (SSSR count). The van der Waals surface area contributed by atoms with E-state index in [0.717, 1.165) is 27.5 Å². The number of carbonyl (C=O) groups is 2. The molecule has 1 N–H and O–H groups in total. The Morgan fingerprint density at radius 1 is 1.09 bits per heavy atom. The van der Waals surface area contributed by atoms with Crippen LogP contribution < -0.4 is 15.0 Å². The van der Waals surface area contributed by atoms with Crippen LogP contribution in [0.4, 0.5) is 5.69 Å². The minimum absolute atomic E-state index is 0.163. The van der Waals surface area contributed by atoms with Crippen molar-refractivity contribution < 1.29 is 14.3 Å². The second-order valence-corrected chi connectivity index (χ2v) is 8.86. The highest BCUT2D eigenvalue weighted by molar-refractivity contribution is 7.98. The molecule has 32 heavy (non-hydrogen) atoms. The Hall–Kier alpha value is -3.25. The molecular weight excluding hydrogens is 420 g/mol. The number of ether oxygens (including phenoxy) is 1. The van der Waals surface area contributed by atoms with Crippen LogP contribution >= 0.6 is 11.8 Å². The van der Waals surface area contributed by atoms with E-state index < -0.39 is 5.54 Å². The zero-order chi connectivity index (χ0) is 22.7. The minimum Gasteiger partial charge on any atom is -0.497 e. The van der Waals surface area contributed by atoms with Crippen LogP contribution in [0.25, 0.3) is 0 Å². The van der Waals surface area contributed by atoms with E-state index in [-0.39, 0.29) is 11.8 Å². The number of amides is 2. The fraction of sp³-hybridized carbons (Fsp3) is 0.231. The third-order valence-corrected chi connectivity index (χ3v) is 6.59. The molecule has 0 saturated carbocycles. The van der Waals surface area contributed by atoms with Crippen molar-refractivity contribution in [2.75, 3.05) is 18.3 Å². The van der Waals surface area contributed by atoms with Gasteiger partial charge in [-0.3, -0.25) is 14.5 Å². The summed E-state index contributed by atoms with van der Waals surface area (Å²) in [5.41, 5.74) is 2.10. The summed E-state index contributed by atoms with van der Waals surface area (Å²) in [7, 11) is 1.62. The molecule has 0 aliphatic carbocycles. The average molecular weight is 447 g/mol. The van der Waals surface area contributed by atoms with Gasteiger partial charge in [-0.1, -0.05) is 36.4 Å². The summed E-state index contributed by atoms with van der Waals surface area (Å²) < 4.78 is 5.28. The topological polar surface area (TPSA) is 58.6 Å². The van der Waals surface area contributed by atoms with Crippen molar-refractivity contribution in [3.05, 3.63) is 89.5 Å². The highest BCUT2D eigenvalue weighted by Gasteiger charge is 2.47. The number of fused-ring (bicyclic) bond motifs is 1. The maximum absolute atomic E-state index is 13.6. The van der Waals surface area contributed by atoms with Gasteiger partial charge in [-0.15, -0.1) is 11.8 Å². The van der Waals surface area contributed by atoms with Gasteiger partial charge in [0.2, 0.25) is 5.91 Å². The molecule has 1 aliphatic rings. The van der Waals surface area contributed by atoms with E-state index >= 15 is 0 Å². The van der Waals surface area contributed by atoms with Crippen LogP contribution in [0.3, 0.4) is 0 Å². The van der Waals surface area contributed by atoms with Crippen LogP contribution in [0.2, 0.25) is 0 Å². The summed E-state index contributed by atoms with van der Waals surface area (Å²) in [6, 6.07) is 22.9. The zero-order valence-corrected chi connectivity index (χ0v) is 19.2. The monoisotopic (exact) mass is 446 g/mol. The van der Waals surface area contributed by atoms with E-state index in [1.165, 1.54) is 0 Å². The summed E-state index contributed by atoms with van der Waals surface area (Å²) in [6.45, 7) is 2.19. The fourth-order valence-electron chi connectivity index (χ4n) is 4.17. The molecule has 3 aromatic rings. The van der Waals surface area contributed by atoms with Crippen LogP contribution in [-0.2, 0) is 17.8 Å². The molecule has 164 valence electrons. The molecule has 0 saturated heterocycles. The first kappa shape index (κ1) is 22.0. The van der Waals surface area contributed by atoms with E-state index in [0.29, 0.717) is 18.5 Å². The predicted octanol–water partition coefficient (Wildman–Crippen LogP) is 4.70. The molecule has 1 atom stereocenters. The van der Waals surface area contributed by atoms with Gasteiger partial charge in [-0.05, 0) is 60.7 Å². The molecule has 3 aromatic carbocycles. The first-order valence-corrected chi connectivity index (χ1v) is 11.7. The number of anilines is 1. The first-order chi connectivity index (χ1) is 15.5. The summed E-state index contributed by atoms with van der Waals surface area (Å²) in [5.74, 6) is 0.377. The van der Waals surface area contributed by atoms with Gasteiger partial charge in [-0.2, -0.15) is 0 Å². The lowest BCUT2D eigenvalue weighted by Crippen LogP contribution is -2.63. The predicted molar refractivity (Wildman–Crippen MR) is 128 cm³/mol. The maximum atomic E-state index is 13.6. The average Bonchev–Trinajstić information content (AvgIpc) is 2.82. The normalized spacial score (nSPS) is 17.6. The Balaban J connectivity index is 1.70. The van der Waals surface area contributed by atoms with Gasteiger partial charge < -0.3 is 10.1 Å². The Kier molecular flexibility index (Phi) is 6.24. The Morgan fingerprint density at radius 2 is 1.88 bits per heavy atom. The third-order valence-electron chi connectivity index (χ3n) is 5.87. The molecule has 1 aliphatic heterocycles. The lowest BCUT2D eigenvalue weighted by molar-refractivity contribution is -0.126. The summed E-state index contributed by atoms with van der Waals surface area (Å²) >= 11 is 1.60. The maximum Gasteiger partial charge on any atom is 0.259 e. The van der Waals surface area contributed by atoms with E-state index in [4.69, 9.17) is 4.74 Å². The number of hydrogen-bond donors (Lipinski definition) is 1. The number of hydrogen-bond acceptors (Lipinski definition) is 4. The van der Waals surface area contributed by atoms with Gasteiger partial charge in [-0.25, -0.2) is 0 Å². The second kappa shape index (κ2) is 9.09. The molecule has 1 heterocycles. The number of nitrogens with one attached hydrogen (secondary N) is 1. The van der Waals surface area contributed by atoms with Gasteiger partial charge in [0, 0.05) is 29.1 Å². The largest absolute Gasteiger partial charge is 0.497 e. The van der Waals surface area contributed by atoms with Crippen molar-refractivity contribution in [2.45, 2.75) is 30.3 Å². The Morgan fingerprint density at radius 3 is 2.66 bits per heavy atom. The molecule has 0 aromatic heterocycles. The smallest absolute Gasteiger partial charge is 0.259 e. The van der Waals surface area contributed by atoms with Crippen LogP contribution in [0.15, 0.2) is 77.7 Å². The van der Waals surface area contributed by atoms with Crippen molar-refractivity contribution in [1.29, 1.82) is 0 Å². The SMILES string of the molecule is COc1cccc(CNC(=O)C2(C)Cc3ccccc3C(=O)N2c2cccc(SC)c2)c1. The minimum atomic E-state index is -1.07. The number of rotatable bonds is 6. The number of carbonyl (C=O) groups excluding carboxylic acids is 2. The van der Waals surface area contributed by atoms with Crippen LogP contribution in [0.1, 0.15) is 28.4 Å². The van der Waals surface area contributed by atoms with Gasteiger partial charge in [0.15, 0.2) is 0 Å². The quantitative estimate of drug-likeness (QED) is 0.558. The van der Waals surface area contributed by atoms with E-state index in [9.17, 15) is 9.59 Å². The number of nitrogens with zero attached hydrogens (tertiary/aromatic N) is 1. The lowest BCUT2D eigenvalue weighted by Gasteiger charge is -2.44. The van der Waals surface area contributed by atoms with E-state index in [2.05, 4.69) is 5.32 Å². The zero-order valence-electron chi connectivity index (χ0n) is 18.4. The van der Waals surface area contributed by atoms with Crippen LogP contribution in [0, 0.1) is 0 Å². The number of thioether (sulfide) groups is 1. The highest BCUT2D eigenvalue weighted by atomic mass is 32.2. The van der Waals surface area contributed by atoms with Crippen molar-refractivity contribution in [3.8, 4) is 5.75 Å². The molecule has 1 unspecified atom stereocenters. The highest BCUT2D eigenvalue weighted by Crippen LogP contribution is 2.36. The summed E-state index contributed by atoms with van der Waals surface area (Å²) in [4.78, 5) is 29.9. The van der Waals surface area contributed by atoms with E-state index in [1.807, 2.05) is 86.0 Å². The van der Waals surface area contributed by atoms with Gasteiger partial charge in [0.25, 0.3) is 5.91 Å². The molecule has 0 radical (unpaired) electrons. The Labute approximate surface area is 192 Å². The molecule has 0 bridgehead atoms. The van der Waals surface area contributed by atoms with Crippen molar-refractivity contribution in [2.24, 2.45) is 0 Å². The van der Waals surface area contributed by atoms with Crippen molar-refractivity contribution in [3.63, 3.8) is 0 Å². The molecule has 0 fully saturated rings. The molecule has 5 nitrogen and oxygen atoms in total. The standard InChI is InChI=1S/C26H26N2O3S/c1-26(25(30)27-17-18-8-6-11-21(14-18)31-2)16-19-9-4-5-13-23(19)24(29)28(26)20-10-7-12-22(15-20)32-3/h4-15H,16-17H2,1-3H3,(H,27,30). The molecular formula is C26H26N2O3S. The van der Waals surface area contributed by atoms with Crippen LogP contribution in [-0.4, -0.2) is 30.7 Å². The van der Waals surface area contributed by atoms with E-state index in [1.54, 1.807) is 23.8 Å². The van der Waals surface area contributed by atoms with Crippen LogP contribution in [0.5, 0.6) is 5.75 Å². The number of methoxy groups -OCH3 is 1. The van der Waals surface area contributed by atoms with Crippen molar-refractivity contribution in [1.82, 2.24) is 5.32 Å². The fourth-order valence-corrected chi connectivity index (χ4v) is 4.62. The molecule has 0 spiro atoms. The summed E-state index contributed by atoms with van der Waals surface area (Å²) in [6.07, 6.45) is 2.43. The molecule has 6 heteroatoms. The number of benzene rings is 3. The van der Waals surface area contributed by atoms with Gasteiger partial charge >= 0.3 is 0 Å². The second-order valence-electron chi connectivity index (χ2n) is 7.98. The summed E-state index contributed by atoms with van der Waals surface area (Å²) in [5, 5.41) is 3.05. The Bertz CT molecular complexity index is 1160. The molecule has 2 amide bonds. The van der Waals surface area contributed by atoms with Crippen molar-refractivity contribution >= 4 is 29.3 Å².